The van der Waals surface area contributed by atoms with Gasteiger partial charge in [-0.3, -0.25) is 14.9 Å². The van der Waals surface area contributed by atoms with Crippen LogP contribution >= 0.6 is 0 Å². The van der Waals surface area contributed by atoms with E-state index in [1.165, 1.54) is 0 Å². The van der Waals surface area contributed by atoms with E-state index in [0.717, 1.165) is 11.3 Å². The number of hydrogen-bond donors (Lipinski definition) is 2. The van der Waals surface area contributed by atoms with Crippen molar-refractivity contribution in [2.24, 2.45) is 0 Å². The van der Waals surface area contributed by atoms with Crippen LogP contribution in [-0.2, 0) is 9.53 Å². The maximum atomic E-state index is 11.5. The predicted molar refractivity (Wildman–Crippen MR) is 66.9 cm³/mol. The smallest absolute Gasteiger partial charge is 0.227 e. The number of aromatic amines is 1. The Bertz CT molecular complexity index is 510. The van der Waals surface area contributed by atoms with Gasteiger partial charge < -0.3 is 10.1 Å². The standard InChI is InChI=1S/C12H14N4O2/c1-18-6-4-12(17)14-11-7-10(15-16-11)9-3-2-5-13-8-9/h2-3,5,7-8H,4,6H2,1H3,(H2,14,15,16,17). The molecule has 0 radical (unpaired) electrons. The van der Waals surface area contributed by atoms with E-state index in [2.05, 4.69) is 20.5 Å². The molecule has 0 aliphatic carbocycles. The van der Waals surface area contributed by atoms with Gasteiger partial charge in [-0.15, -0.1) is 0 Å². The van der Waals surface area contributed by atoms with Crippen LogP contribution in [0, 0.1) is 0 Å². The van der Waals surface area contributed by atoms with Crippen LogP contribution in [0.25, 0.3) is 11.3 Å². The van der Waals surface area contributed by atoms with Gasteiger partial charge in [-0.25, -0.2) is 0 Å². The monoisotopic (exact) mass is 246 g/mol. The number of nitrogens with zero attached hydrogens (tertiary/aromatic N) is 2. The van der Waals surface area contributed by atoms with Crippen molar-refractivity contribution in [2.75, 3.05) is 19.0 Å². The molecule has 1 amide bonds. The van der Waals surface area contributed by atoms with Crippen LogP contribution in [0.3, 0.4) is 0 Å². The number of nitrogens with one attached hydrogen (secondary N) is 2. The van der Waals surface area contributed by atoms with Gasteiger partial charge in [0, 0.05) is 31.1 Å². The van der Waals surface area contributed by atoms with Crippen LogP contribution in [-0.4, -0.2) is 34.8 Å². The Balaban J connectivity index is 2.00. The van der Waals surface area contributed by atoms with Crippen molar-refractivity contribution in [3.05, 3.63) is 30.6 Å². The minimum Gasteiger partial charge on any atom is -0.384 e. The molecular formula is C12H14N4O2. The zero-order valence-corrected chi connectivity index (χ0v) is 10.0. The molecular weight excluding hydrogens is 232 g/mol. The van der Waals surface area contributed by atoms with E-state index in [-0.39, 0.29) is 5.91 Å². The van der Waals surface area contributed by atoms with Gasteiger partial charge in [0.2, 0.25) is 5.91 Å². The first-order valence-corrected chi connectivity index (χ1v) is 5.54. The lowest BCUT2D eigenvalue weighted by Crippen LogP contribution is -2.13. The summed E-state index contributed by atoms with van der Waals surface area (Å²) in [6.07, 6.45) is 3.74. The number of anilines is 1. The molecule has 18 heavy (non-hydrogen) atoms. The number of rotatable bonds is 5. The second kappa shape index (κ2) is 5.92. The quantitative estimate of drug-likeness (QED) is 0.836. The summed E-state index contributed by atoms with van der Waals surface area (Å²) in [5.41, 5.74) is 1.73. The molecule has 0 saturated carbocycles. The summed E-state index contributed by atoms with van der Waals surface area (Å²) in [5, 5.41) is 9.55. The molecule has 2 N–H and O–H groups in total. The lowest BCUT2D eigenvalue weighted by molar-refractivity contribution is -0.117. The zero-order chi connectivity index (χ0) is 12.8. The van der Waals surface area contributed by atoms with Crippen LogP contribution in [0.2, 0.25) is 0 Å². The Labute approximate surface area is 104 Å². The van der Waals surface area contributed by atoms with E-state index in [9.17, 15) is 4.79 Å². The third-order valence-corrected chi connectivity index (χ3v) is 2.35. The molecule has 0 aromatic carbocycles. The van der Waals surface area contributed by atoms with Gasteiger partial charge in [0.1, 0.15) is 0 Å². The van der Waals surface area contributed by atoms with E-state index in [1.54, 1.807) is 25.6 Å². The highest BCUT2D eigenvalue weighted by atomic mass is 16.5. The lowest BCUT2D eigenvalue weighted by atomic mass is 10.2. The zero-order valence-electron chi connectivity index (χ0n) is 10.0. The number of H-pyrrole nitrogens is 1. The largest absolute Gasteiger partial charge is 0.384 e. The van der Waals surface area contributed by atoms with Gasteiger partial charge in [0.05, 0.1) is 18.7 Å². The van der Waals surface area contributed by atoms with E-state index < -0.39 is 0 Å². The van der Waals surface area contributed by atoms with E-state index in [1.807, 2.05) is 12.1 Å². The minimum absolute atomic E-state index is 0.124. The number of pyridine rings is 1. The SMILES string of the molecule is COCCC(=O)Nc1cc(-c2cccnc2)[nH]n1. The van der Waals surface area contributed by atoms with Crippen LogP contribution in [0.1, 0.15) is 6.42 Å². The molecule has 0 atom stereocenters. The molecule has 2 aromatic rings. The normalized spacial score (nSPS) is 10.3. The molecule has 0 saturated heterocycles. The third kappa shape index (κ3) is 3.14. The number of amides is 1. The second-order valence-electron chi connectivity index (χ2n) is 3.70. The lowest BCUT2D eigenvalue weighted by Gasteiger charge is -1.99. The van der Waals surface area contributed by atoms with Gasteiger partial charge in [-0.2, -0.15) is 5.10 Å². The first-order chi connectivity index (χ1) is 8.79. The average Bonchev–Trinajstić information content (AvgIpc) is 2.86. The molecule has 0 spiro atoms. The molecule has 0 aliphatic heterocycles. The topological polar surface area (TPSA) is 79.9 Å². The minimum atomic E-state index is -0.124. The van der Waals surface area contributed by atoms with Crippen molar-refractivity contribution in [2.45, 2.75) is 6.42 Å². The van der Waals surface area contributed by atoms with Gasteiger partial charge in [-0.1, -0.05) is 0 Å². The highest BCUT2D eigenvalue weighted by Gasteiger charge is 2.06. The fourth-order valence-electron chi connectivity index (χ4n) is 1.46. The Kier molecular flexibility index (Phi) is 4.03. The Morgan fingerprint density at radius 1 is 1.56 bits per heavy atom. The molecule has 0 bridgehead atoms. The highest BCUT2D eigenvalue weighted by Crippen LogP contribution is 2.18. The first kappa shape index (κ1) is 12.3. The fraction of sp³-hybridized carbons (Fsp3) is 0.250. The molecule has 0 aliphatic rings. The fourth-order valence-corrected chi connectivity index (χ4v) is 1.46. The molecule has 0 unspecified atom stereocenters. The number of hydrogen-bond acceptors (Lipinski definition) is 4. The number of aromatic nitrogens is 3. The summed E-state index contributed by atoms with van der Waals surface area (Å²) < 4.78 is 4.83. The van der Waals surface area contributed by atoms with Crippen molar-refractivity contribution >= 4 is 11.7 Å². The predicted octanol–water partition coefficient (Wildman–Crippen LogP) is 1.45. The summed E-state index contributed by atoms with van der Waals surface area (Å²) in [6, 6.07) is 5.52. The van der Waals surface area contributed by atoms with Crippen molar-refractivity contribution in [1.82, 2.24) is 15.2 Å². The summed E-state index contributed by atoms with van der Waals surface area (Å²) in [4.78, 5) is 15.5. The summed E-state index contributed by atoms with van der Waals surface area (Å²) in [6.45, 7) is 0.395. The number of carbonyl (C=O) groups is 1. The van der Waals surface area contributed by atoms with Gasteiger partial charge in [0.25, 0.3) is 0 Å². The van der Waals surface area contributed by atoms with Gasteiger partial charge in [-0.05, 0) is 12.1 Å². The van der Waals surface area contributed by atoms with Crippen molar-refractivity contribution in [3.8, 4) is 11.3 Å². The van der Waals surface area contributed by atoms with Crippen LogP contribution in [0.4, 0.5) is 5.82 Å². The number of methoxy groups -OCH3 is 1. The molecule has 6 nitrogen and oxygen atoms in total. The van der Waals surface area contributed by atoms with Crippen LogP contribution in [0.15, 0.2) is 30.6 Å². The van der Waals surface area contributed by atoms with Crippen molar-refractivity contribution in [1.29, 1.82) is 0 Å². The van der Waals surface area contributed by atoms with E-state index >= 15 is 0 Å². The molecule has 6 heteroatoms. The maximum absolute atomic E-state index is 11.5. The molecule has 2 rings (SSSR count). The van der Waals surface area contributed by atoms with E-state index in [4.69, 9.17) is 4.74 Å². The molecule has 2 aromatic heterocycles. The van der Waals surface area contributed by atoms with Crippen molar-refractivity contribution in [3.63, 3.8) is 0 Å². The Morgan fingerprint density at radius 2 is 2.44 bits per heavy atom. The number of carbonyl (C=O) groups excluding carboxylic acids is 1. The Hall–Kier alpha value is -2.21. The summed E-state index contributed by atoms with van der Waals surface area (Å²) in [7, 11) is 1.56. The Morgan fingerprint density at radius 3 is 3.17 bits per heavy atom. The van der Waals surface area contributed by atoms with Crippen LogP contribution < -0.4 is 5.32 Å². The first-order valence-electron chi connectivity index (χ1n) is 5.54. The van der Waals surface area contributed by atoms with E-state index in [0.29, 0.717) is 18.8 Å². The molecule has 94 valence electrons. The van der Waals surface area contributed by atoms with Crippen molar-refractivity contribution < 1.29 is 9.53 Å². The maximum Gasteiger partial charge on any atom is 0.227 e. The summed E-state index contributed by atoms with van der Waals surface area (Å²) >= 11 is 0. The third-order valence-electron chi connectivity index (χ3n) is 2.35. The molecule has 0 fully saturated rings. The molecule has 2 heterocycles. The second-order valence-corrected chi connectivity index (χ2v) is 3.70. The van der Waals surface area contributed by atoms with Gasteiger partial charge in [0.15, 0.2) is 5.82 Å². The van der Waals surface area contributed by atoms with Crippen LogP contribution in [0.5, 0.6) is 0 Å². The van der Waals surface area contributed by atoms with Gasteiger partial charge >= 0.3 is 0 Å². The summed E-state index contributed by atoms with van der Waals surface area (Å²) in [5.74, 6) is 0.371. The highest BCUT2D eigenvalue weighted by molar-refractivity contribution is 5.90. The average molecular weight is 246 g/mol. The number of ether oxygens (including phenoxy) is 1.